The number of likely N-dealkylation sites (N-methyl/N-ethyl adjacent to an activating group) is 1. The fourth-order valence-electron chi connectivity index (χ4n) is 2.73. The molecule has 0 aliphatic carbocycles. The smallest absolute Gasteiger partial charge is 0.251 e. The number of piperidine rings is 1. The minimum atomic E-state index is 0.00836. The summed E-state index contributed by atoms with van der Waals surface area (Å²) in [4.78, 5) is 14.7. The van der Waals surface area contributed by atoms with E-state index < -0.39 is 0 Å². The molecule has 1 aliphatic heterocycles. The maximum atomic E-state index is 12.3. The Morgan fingerprint density at radius 3 is 2.95 bits per heavy atom. The van der Waals surface area contributed by atoms with E-state index >= 15 is 0 Å². The number of hydrazine groups is 1. The van der Waals surface area contributed by atoms with Crippen molar-refractivity contribution in [3.05, 3.63) is 29.3 Å². The highest BCUT2D eigenvalue weighted by molar-refractivity contribution is 5.96. The standard InChI is InChI=1S/C15H24N4O/c1-3-19-8-4-5-13(10-19)17-15(20)14-7-6-12(18-16)9-11(14)2/h6-7,9,13,18H,3-5,8,10,16H2,1-2H3,(H,17,20). The zero-order valence-corrected chi connectivity index (χ0v) is 12.3. The third kappa shape index (κ3) is 3.49. The zero-order valence-electron chi connectivity index (χ0n) is 12.3. The topological polar surface area (TPSA) is 70.4 Å². The number of carbonyl (C=O) groups excluding carboxylic acids is 1. The summed E-state index contributed by atoms with van der Waals surface area (Å²) in [6, 6.07) is 5.78. The molecular formula is C15H24N4O. The second-order valence-corrected chi connectivity index (χ2v) is 5.38. The molecule has 1 atom stereocenters. The first-order valence-electron chi connectivity index (χ1n) is 7.24. The van der Waals surface area contributed by atoms with Gasteiger partial charge in [-0.15, -0.1) is 0 Å². The number of nitrogen functional groups attached to an aromatic ring is 1. The molecule has 1 aromatic carbocycles. The average molecular weight is 276 g/mol. The summed E-state index contributed by atoms with van der Waals surface area (Å²) in [6.45, 7) is 7.21. The van der Waals surface area contributed by atoms with E-state index in [-0.39, 0.29) is 11.9 Å². The highest BCUT2D eigenvalue weighted by Crippen LogP contribution is 2.16. The van der Waals surface area contributed by atoms with Crippen LogP contribution >= 0.6 is 0 Å². The van der Waals surface area contributed by atoms with E-state index in [4.69, 9.17) is 5.84 Å². The van der Waals surface area contributed by atoms with Gasteiger partial charge in [-0.05, 0) is 56.6 Å². The summed E-state index contributed by atoms with van der Waals surface area (Å²) in [5.41, 5.74) is 5.06. The zero-order chi connectivity index (χ0) is 14.5. The Morgan fingerprint density at radius 2 is 2.30 bits per heavy atom. The Balaban J connectivity index is 2.01. The lowest BCUT2D eigenvalue weighted by Crippen LogP contribution is -2.47. The van der Waals surface area contributed by atoms with Crippen molar-refractivity contribution in [2.24, 2.45) is 5.84 Å². The Hall–Kier alpha value is -1.59. The fourth-order valence-corrected chi connectivity index (χ4v) is 2.73. The van der Waals surface area contributed by atoms with Gasteiger partial charge in [-0.2, -0.15) is 0 Å². The summed E-state index contributed by atoms with van der Waals surface area (Å²) in [5, 5.41) is 3.15. The second-order valence-electron chi connectivity index (χ2n) is 5.38. The Labute approximate surface area is 120 Å². The molecule has 5 heteroatoms. The first-order valence-corrected chi connectivity index (χ1v) is 7.24. The normalized spacial score (nSPS) is 19.6. The molecule has 20 heavy (non-hydrogen) atoms. The number of anilines is 1. The number of nitrogens with two attached hydrogens (primary N) is 1. The number of nitrogens with one attached hydrogen (secondary N) is 2. The number of benzene rings is 1. The molecule has 0 spiro atoms. The van der Waals surface area contributed by atoms with Crippen LogP contribution in [-0.2, 0) is 0 Å². The second kappa shape index (κ2) is 6.72. The van der Waals surface area contributed by atoms with Gasteiger partial charge in [0.05, 0.1) is 0 Å². The van der Waals surface area contributed by atoms with Crippen LogP contribution in [0.25, 0.3) is 0 Å². The molecular weight excluding hydrogens is 252 g/mol. The minimum absolute atomic E-state index is 0.00836. The Bertz CT molecular complexity index is 475. The van der Waals surface area contributed by atoms with Crippen LogP contribution < -0.4 is 16.6 Å². The van der Waals surface area contributed by atoms with E-state index in [1.807, 2.05) is 25.1 Å². The van der Waals surface area contributed by atoms with Gasteiger partial charge in [-0.25, -0.2) is 0 Å². The van der Waals surface area contributed by atoms with E-state index in [0.717, 1.165) is 49.3 Å². The van der Waals surface area contributed by atoms with Crippen molar-refractivity contribution in [3.8, 4) is 0 Å². The van der Waals surface area contributed by atoms with Gasteiger partial charge in [-0.3, -0.25) is 10.6 Å². The van der Waals surface area contributed by atoms with Crippen LogP contribution in [0.2, 0.25) is 0 Å². The molecule has 1 heterocycles. The highest BCUT2D eigenvalue weighted by Gasteiger charge is 2.21. The molecule has 1 unspecified atom stereocenters. The summed E-state index contributed by atoms with van der Waals surface area (Å²) in [7, 11) is 0. The Kier molecular flexibility index (Phi) is 4.98. The molecule has 1 amide bonds. The number of hydrogen-bond donors (Lipinski definition) is 3. The van der Waals surface area contributed by atoms with Gasteiger partial charge in [0.1, 0.15) is 0 Å². The molecule has 1 aromatic rings. The number of aryl methyl sites for hydroxylation is 1. The monoisotopic (exact) mass is 276 g/mol. The number of carbonyl (C=O) groups is 1. The van der Waals surface area contributed by atoms with Gasteiger partial charge in [0.15, 0.2) is 0 Å². The lowest BCUT2D eigenvalue weighted by Gasteiger charge is -2.32. The van der Waals surface area contributed by atoms with Crippen LogP contribution in [0.4, 0.5) is 5.69 Å². The first kappa shape index (κ1) is 14.8. The summed E-state index contributed by atoms with van der Waals surface area (Å²) < 4.78 is 0. The van der Waals surface area contributed by atoms with E-state index in [0.29, 0.717) is 0 Å². The van der Waals surface area contributed by atoms with Crippen LogP contribution in [0.3, 0.4) is 0 Å². The lowest BCUT2D eigenvalue weighted by atomic mass is 10.0. The minimum Gasteiger partial charge on any atom is -0.348 e. The summed E-state index contributed by atoms with van der Waals surface area (Å²) in [6.07, 6.45) is 2.21. The van der Waals surface area contributed by atoms with Crippen molar-refractivity contribution in [1.29, 1.82) is 0 Å². The molecule has 1 aliphatic rings. The van der Waals surface area contributed by atoms with Crippen molar-refractivity contribution >= 4 is 11.6 Å². The number of nitrogens with zero attached hydrogens (tertiary/aromatic N) is 1. The largest absolute Gasteiger partial charge is 0.348 e. The van der Waals surface area contributed by atoms with Gasteiger partial charge in [0.2, 0.25) is 0 Å². The molecule has 0 bridgehead atoms. The number of amides is 1. The van der Waals surface area contributed by atoms with E-state index in [1.54, 1.807) is 0 Å². The van der Waals surface area contributed by atoms with Crippen LogP contribution in [-0.4, -0.2) is 36.5 Å². The molecule has 0 aromatic heterocycles. The molecule has 1 saturated heterocycles. The van der Waals surface area contributed by atoms with E-state index in [2.05, 4.69) is 22.6 Å². The molecule has 5 nitrogen and oxygen atoms in total. The molecule has 2 rings (SSSR count). The summed E-state index contributed by atoms with van der Waals surface area (Å²) in [5.74, 6) is 5.38. The van der Waals surface area contributed by atoms with Crippen molar-refractivity contribution in [2.45, 2.75) is 32.7 Å². The van der Waals surface area contributed by atoms with Crippen LogP contribution in [0.5, 0.6) is 0 Å². The predicted molar refractivity (Wildman–Crippen MR) is 81.6 cm³/mol. The SMILES string of the molecule is CCN1CCCC(NC(=O)c2ccc(NN)cc2C)C1. The number of hydrogen-bond acceptors (Lipinski definition) is 4. The van der Waals surface area contributed by atoms with Gasteiger partial charge in [0, 0.05) is 23.8 Å². The first-order chi connectivity index (χ1) is 9.63. The van der Waals surface area contributed by atoms with Crippen LogP contribution in [0.1, 0.15) is 35.7 Å². The molecule has 0 saturated carbocycles. The van der Waals surface area contributed by atoms with Crippen molar-refractivity contribution in [1.82, 2.24) is 10.2 Å². The van der Waals surface area contributed by atoms with Crippen LogP contribution in [0.15, 0.2) is 18.2 Å². The fraction of sp³-hybridized carbons (Fsp3) is 0.533. The molecule has 1 fully saturated rings. The third-order valence-corrected chi connectivity index (χ3v) is 3.93. The van der Waals surface area contributed by atoms with Gasteiger partial charge < -0.3 is 15.6 Å². The van der Waals surface area contributed by atoms with Crippen molar-refractivity contribution in [2.75, 3.05) is 25.1 Å². The van der Waals surface area contributed by atoms with Crippen molar-refractivity contribution in [3.63, 3.8) is 0 Å². The molecule has 0 radical (unpaired) electrons. The highest BCUT2D eigenvalue weighted by atomic mass is 16.1. The Morgan fingerprint density at radius 1 is 1.50 bits per heavy atom. The third-order valence-electron chi connectivity index (χ3n) is 3.93. The average Bonchev–Trinajstić information content (AvgIpc) is 2.47. The molecule has 110 valence electrons. The van der Waals surface area contributed by atoms with Gasteiger partial charge in [0.25, 0.3) is 5.91 Å². The maximum Gasteiger partial charge on any atom is 0.251 e. The van der Waals surface area contributed by atoms with Crippen LogP contribution in [0, 0.1) is 6.92 Å². The number of rotatable bonds is 4. The van der Waals surface area contributed by atoms with Gasteiger partial charge in [-0.1, -0.05) is 6.92 Å². The van der Waals surface area contributed by atoms with Crippen molar-refractivity contribution < 1.29 is 4.79 Å². The summed E-state index contributed by atoms with van der Waals surface area (Å²) >= 11 is 0. The molecule has 4 N–H and O–H groups in total. The maximum absolute atomic E-state index is 12.3. The van der Waals surface area contributed by atoms with E-state index in [9.17, 15) is 4.79 Å². The quantitative estimate of drug-likeness (QED) is 0.576. The predicted octanol–water partition coefficient (Wildman–Crippen LogP) is 1.49. The van der Waals surface area contributed by atoms with E-state index in [1.165, 1.54) is 0 Å². The number of likely N-dealkylation sites (tertiary alicyclic amines) is 1. The van der Waals surface area contributed by atoms with Gasteiger partial charge >= 0.3 is 0 Å². The lowest BCUT2D eigenvalue weighted by molar-refractivity contribution is 0.0905.